The van der Waals surface area contributed by atoms with E-state index < -0.39 is 0 Å². The third-order valence-corrected chi connectivity index (χ3v) is 2.97. The molecule has 1 aromatic heterocycles. The lowest BCUT2D eigenvalue weighted by atomic mass is 10.2. The van der Waals surface area contributed by atoms with Crippen LogP contribution in [0, 0.1) is 0 Å². The molecule has 1 heterocycles. The molecular formula is C12H13BrN2O2. The molecule has 0 aliphatic rings. The van der Waals surface area contributed by atoms with Crippen LogP contribution in [0.4, 0.5) is 0 Å². The molecule has 90 valence electrons. The van der Waals surface area contributed by atoms with E-state index in [0.29, 0.717) is 12.3 Å². The minimum atomic E-state index is -0.372. The van der Waals surface area contributed by atoms with Crippen molar-refractivity contribution >= 4 is 32.8 Å². The van der Waals surface area contributed by atoms with Crippen LogP contribution in [-0.2, 0) is 11.3 Å². The summed E-state index contributed by atoms with van der Waals surface area (Å²) in [6.07, 6.45) is 0. The van der Waals surface area contributed by atoms with Crippen molar-refractivity contribution < 1.29 is 9.53 Å². The summed E-state index contributed by atoms with van der Waals surface area (Å²) >= 11 is 3.40. The van der Waals surface area contributed by atoms with Crippen molar-refractivity contribution in [3.8, 4) is 0 Å². The van der Waals surface area contributed by atoms with E-state index in [-0.39, 0.29) is 5.97 Å². The van der Waals surface area contributed by atoms with Crippen molar-refractivity contribution in [1.29, 1.82) is 0 Å². The van der Waals surface area contributed by atoms with Gasteiger partial charge in [-0.25, -0.2) is 4.79 Å². The molecule has 17 heavy (non-hydrogen) atoms. The molecule has 0 radical (unpaired) electrons. The summed E-state index contributed by atoms with van der Waals surface area (Å²) in [5.41, 5.74) is 1.32. The molecule has 0 atom stereocenters. The molecule has 0 aliphatic carbocycles. The predicted molar refractivity (Wildman–Crippen MR) is 69.1 cm³/mol. The molecule has 0 aliphatic heterocycles. The van der Waals surface area contributed by atoms with Crippen molar-refractivity contribution in [2.75, 3.05) is 6.61 Å². The Hall–Kier alpha value is -1.36. The maximum Gasteiger partial charge on any atom is 0.359 e. The lowest BCUT2D eigenvalue weighted by Crippen LogP contribution is -2.07. The minimum Gasteiger partial charge on any atom is -0.461 e. The van der Waals surface area contributed by atoms with Crippen LogP contribution < -0.4 is 0 Å². The Morgan fingerprint density at radius 1 is 1.47 bits per heavy atom. The Bertz CT molecular complexity index is 563. The lowest BCUT2D eigenvalue weighted by molar-refractivity contribution is 0.0520. The van der Waals surface area contributed by atoms with Gasteiger partial charge in [-0.15, -0.1) is 0 Å². The number of benzene rings is 1. The van der Waals surface area contributed by atoms with Crippen LogP contribution >= 0.6 is 15.9 Å². The van der Waals surface area contributed by atoms with Gasteiger partial charge in [-0.05, 0) is 32.0 Å². The molecule has 2 rings (SSSR count). The molecule has 4 nitrogen and oxygen atoms in total. The first kappa shape index (κ1) is 12.1. The van der Waals surface area contributed by atoms with E-state index in [4.69, 9.17) is 4.74 Å². The summed E-state index contributed by atoms with van der Waals surface area (Å²) in [5.74, 6) is -0.372. The van der Waals surface area contributed by atoms with Gasteiger partial charge in [0.1, 0.15) is 0 Å². The molecule has 0 saturated carbocycles. The number of carbonyl (C=O) groups excluding carboxylic acids is 1. The highest BCUT2D eigenvalue weighted by Crippen LogP contribution is 2.23. The fourth-order valence-electron chi connectivity index (χ4n) is 1.74. The highest BCUT2D eigenvalue weighted by Gasteiger charge is 2.17. The minimum absolute atomic E-state index is 0.354. The van der Waals surface area contributed by atoms with Gasteiger partial charge in [-0.3, -0.25) is 4.68 Å². The van der Waals surface area contributed by atoms with Crippen molar-refractivity contribution in [1.82, 2.24) is 9.78 Å². The lowest BCUT2D eigenvalue weighted by Gasteiger charge is -1.98. The molecule has 0 bridgehead atoms. The van der Waals surface area contributed by atoms with Gasteiger partial charge in [0.05, 0.1) is 12.1 Å². The second-order valence-electron chi connectivity index (χ2n) is 3.55. The van der Waals surface area contributed by atoms with E-state index in [9.17, 15) is 4.79 Å². The van der Waals surface area contributed by atoms with Gasteiger partial charge < -0.3 is 4.74 Å². The third kappa shape index (κ3) is 2.20. The van der Waals surface area contributed by atoms with E-state index in [0.717, 1.165) is 21.9 Å². The van der Waals surface area contributed by atoms with Crippen LogP contribution in [0.2, 0.25) is 0 Å². The zero-order valence-corrected chi connectivity index (χ0v) is 11.3. The number of aryl methyl sites for hydroxylation is 1. The molecule has 1 aromatic carbocycles. The van der Waals surface area contributed by atoms with Crippen molar-refractivity contribution in [3.05, 3.63) is 28.4 Å². The normalized spacial score (nSPS) is 10.8. The fraction of sp³-hybridized carbons (Fsp3) is 0.333. The fourth-order valence-corrected chi connectivity index (χ4v) is 2.10. The largest absolute Gasteiger partial charge is 0.461 e. The third-order valence-electron chi connectivity index (χ3n) is 2.48. The summed E-state index contributed by atoms with van der Waals surface area (Å²) in [7, 11) is 0. The topological polar surface area (TPSA) is 44.1 Å². The van der Waals surface area contributed by atoms with Gasteiger partial charge in [-0.1, -0.05) is 15.9 Å². The summed E-state index contributed by atoms with van der Waals surface area (Å²) < 4.78 is 7.73. The maximum absolute atomic E-state index is 11.8. The summed E-state index contributed by atoms with van der Waals surface area (Å²) in [6.45, 7) is 4.85. The van der Waals surface area contributed by atoms with E-state index in [2.05, 4.69) is 21.0 Å². The monoisotopic (exact) mass is 296 g/mol. The number of fused-ring (bicyclic) bond motifs is 1. The second-order valence-corrected chi connectivity index (χ2v) is 4.46. The van der Waals surface area contributed by atoms with Crippen LogP contribution in [0.1, 0.15) is 24.3 Å². The van der Waals surface area contributed by atoms with Gasteiger partial charge >= 0.3 is 5.97 Å². The van der Waals surface area contributed by atoms with Gasteiger partial charge in [0.2, 0.25) is 0 Å². The average molecular weight is 297 g/mol. The number of rotatable bonds is 3. The number of nitrogens with zero attached hydrogens (tertiary/aromatic N) is 2. The van der Waals surface area contributed by atoms with Gasteiger partial charge in [0.25, 0.3) is 0 Å². The van der Waals surface area contributed by atoms with Crippen LogP contribution in [0.5, 0.6) is 0 Å². The molecule has 0 spiro atoms. The molecule has 5 heteroatoms. The first-order valence-electron chi connectivity index (χ1n) is 5.50. The highest BCUT2D eigenvalue weighted by atomic mass is 79.9. The van der Waals surface area contributed by atoms with Crippen molar-refractivity contribution in [3.63, 3.8) is 0 Å². The molecule has 0 N–H and O–H groups in total. The highest BCUT2D eigenvalue weighted by molar-refractivity contribution is 9.10. The van der Waals surface area contributed by atoms with Crippen LogP contribution in [0.15, 0.2) is 22.7 Å². The summed E-state index contributed by atoms with van der Waals surface area (Å²) in [6, 6.07) is 5.77. The zero-order valence-electron chi connectivity index (χ0n) is 9.74. The average Bonchev–Trinajstić information content (AvgIpc) is 2.67. The number of aromatic nitrogens is 2. The molecule has 2 aromatic rings. The zero-order chi connectivity index (χ0) is 12.4. The number of ether oxygens (including phenoxy) is 1. The van der Waals surface area contributed by atoms with Crippen LogP contribution in [0.25, 0.3) is 10.9 Å². The Morgan fingerprint density at radius 3 is 2.88 bits per heavy atom. The van der Waals surface area contributed by atoms with Gasteiger partial charge in [0.15, 0.2) is 5.69 Å². The van der Waals surface area contributed by atoms with Crippen molar-refractivity contribution in [2.45, 2.75) is 20.4 Å². The van der Waals surface area contributed by atoms with Gasteiger partial charge in [-0.2, -0.15) is 5.10 Å². The van der Waals surface area contributed by atoms with E-state index >= 15 is 0 Å². The van der Waals surface area contributed by atoms with Crippen molar-refractivity contribution in [2.24, 2.45) is 0 Å². The summed E-state index contributed by atoms with van der Waals surface area (Å²) in [4.78, 5) is 11.8. The number of carbonyl (C=O) groups is 1. The first-order chi connectivity index (χ1) is 8.17. The molecule has 0 saturated heterocycles. The molecule has 0 unspecified atom stereocenters. The van der Waals surface area contributed by atoms with Gasteiger partial charge in [0, 0.05) is 16.4 Å². The first-order valence-corrected chi connectivity index (χ1v) is 6.29. The molecule has 0 amide bonds. The Morgan fingerprint density at radius 2 is 2.24 bits per heavy atom. The van der Waals surface area contributed by atoms with E-state index in [1.165, 1.54) is 0 Å². The van der Waals surface area contributed by atoms with E-state index in [1.54, 1.807) is 11.6 Å². The quantitative estimate of drug-likeness (QED) is 0.818. The van der Waals surface area contributed by atoms with Crippen LogP contribution in [-0.4, -0.2) is 22.4 Å². The summed E-state index contributed by atoms with van der Waals surface area (Å²) in [5, 5.41) is 5.11. The maximum atomic E-state index is 11.8. The number of esters is 1. The van der Waals surface area contributed by atoms with Crippen LogP contribution in [0.3, 0.4) is 0 Å². The number of hydrogen-bond acceptors (Lipinski definition) is 3. The van der Waals surface area contributed by atoms with E-state index in [1.807, 2.05) is 25.1 Å². The Kier molecular flexibility index (Phi) is 3.47. The number of hydrogen-bond donors (Lipinski definition) is 0. The predicted octanol–water partition coefficient (Wildman–Crippen LogP) is 3.00. The molecule has 0 fully saturated rings. The second kappa shape index (κ2) is 4.87. The smallest absolute Gasteiger partial charge is 0.359 e. The number of halogens is 1. The molecular weight excluding hydrogens is 284 g/mol. The Labute approximate surface area is 108 Å². The standard InChI is InChI=1S/C12H13BrN2O2/c1-3-15-10-6-5-8(13)7-9(10)11(14-15)12(16)17-4-2/h5-7H,3-4H2,1-2H3. The SMILES string of the molecule is CCOC(=O)c1nn(CC)c2ccc(Br)cc12. The Balaban J connectivity index is 2.62.